The highest BCUT2D eigenvalue weighted by molar-refractivity contribution is 6.16. The highest BCUT2D eigenvalue weighted by Crippen LogP contribution is 2.58. The maximum absolute atomic E-state index is 13.6. The van der Waals surface area contributed by atoms with E-state index in [4.69, 9.17) is 0 Å². The monoisotopic (exact) mass is 370 g/mol. The molecule has 3 aliphatic rings. The van der Waals surface area contributed by atoms with Crippen molar-refractivity contribution < 1.29 is 4.79 Å². The summed E-state index contributed by atoms with van der Waals surface area (Å²) >= 11 is 0. The predicted octanol–water partition coefficient (Wildman–Crippen LogP) is 5.96. The first-order chi connectivity index (χ1) is 14.3. The second-order valence-electron chi connectivity index (χ2n) is 8.54. The van der Waals surface area contributed by atoms with E-state index in [0.717, 1.165) is 24.0 Å². The summed E-state index contributed by atoms with van der Waals surface area (Å²) in [7, 11) is 0. The van der Waals surface area contributed by atoms with Crippen LogP contribution in [0.5, 0.6) is 0 Å². The molecule has 0 radical (unpaired) electrons. The standard InChI is InChI=1S/C28H18O/c29-27-23-13-5-11-21-19-9-3-1-7-17(19)15-28(25(21)23)16-18-8-2-4-10-20(18)22-12-6-14-24(27)26(22)28/h1-14H,15-16H2. The third-order valence-electron chi connectivity index (χ3n) is 7.17. The predicted molar refractivity (Wildman–Crippen MR) is 115 cm³/mol. The maximum Gasteiger partial charge on any atom is 0.193 e. The smallest absolute Gasteiger partial charge is 0.193 e. The normalized spacial score (nSPS) is 16.3. The summed E-state index contributed by atoms with van der Waals surface area (Å²) in [6.07, 6.45) is 1.89. The molecule has 0 aliphatic heterocycles. The molecule has 7 rings (SSSR count). The second kappa shape index (κ2) is 5.12. The largest absolute Gasteiger partial charge is 0.289 e. The summed E-state index contributed by atoms with van der Waals surface area (Å²) in [5, 5.41) is 0. The summed E-state index contributed by atoms with van der Waals surface area (Å²) < 4.78 is 0. The van der Waals surface area contributed by atoms with E-state index < -0.39 is 0 Å². The van der Waals surface area contributed by atoms with Gasteiger partial charge in [-0.2, -0.15) is 0 Å². The number of ketones is 1. The minimum atomic E-state index is -0.172. The molecule has 136 valence electrons. The van der Waals surface area contributed by atoms with E-state index in [1.807, 2.05) is 24.3 Å². The van der Waals surface area contributed by atoms with Crippen molar-refractivity contribution in [1.82, 2.24) is 0 Å². The van der Waals surface area contributed by atoms with Gasteiger partial charge in [0.2, 0.25) is 0 Å². The lowest BCUT2D eigenvalue weighted by atomic mass is 9.53. The van der Waals surface area contributed by atoms with Crippen molar-refractivity contribution in [3.63, 3.8) is 0 Å². The minimum absolute atomic E-state index is 0.172. The third-order valence-corrected chi connectivity index (χ3v) is 7.17. The number of benzene rings is 4. The molecule has 4 aromatic carbocycles. The molecule has 3 aliphatic carbocycles. The molecule has 1 spiro atoms. The third kappa shape index (κ3) is 1.75. The quantitative estimate of drug-likeness (QED) is 0.373. The van der Waals surface area contributed by atoms with E-state index in [2.05, 4.69) is 60.7 Å². The van der Waals surface area contributed by atoms with Crippen molar-refractivity contribution in [2.24, 2.45) is 0 Å². The summed E-state index contributed by atoms with van der Waals surface area (Å²) in [6, 6.07) is 30.0. The van der Waals surface area contributed by atoms with Gasteiger partial charge in [0.25, 0.3) is 0 Å². The number of carbonyl (C=O) groups excluding carboxylic acids is 1. The highest BCUT2D eigenvalue weighted by Gasteiger charge is 2.50. The fourth-order valence-corrected chi connectivity index (χ4v) is 6.17. The van der Waals surface area contributed by atoms with Crippen molar-refractivity contribution in [3.8, 4) is 22.3 Å². The molecule has 0 amide bonds. The van der Waals surface area contributed by atoms with Crippen molar-refractivity contribution >= 4 is 5.78 Å². The van der Waals surface area contributed by atoms with E-state index >= 15 is 0 Å². The molecule has 0 bridgehead atoms. The van der Waals surface area contributed by atoms with Crippen molar-refractivity contribution in [2.75, 3.05) is 0 Å². The lowest BCUT2D eigenvalue weighted by Crippen LogP contribution is -2.44. The SMILES string of the molecule is O=C1c2cccc3c2C2(Cc4ccccc4-3)Cc3ccccc3-c3cccc1c32. The van der Waals surface area contributed by atoms with Gasteiger partial charge >= 0.3 is 0 Å². The van der Waals surface area contributed by atoms with Crippen molar-refractivity contribution in [1.29, 1.82) is 0 Å². The summed E-state index contributed by atoms with van der Waals surface area (Å²) in [4.78, 5) is 13.6. The van der Waals surface area contributed by atoms with Crippen LogP contribution in [0.3, 0.4) is 0 Å². The van der Waals surface area contributed by atoms with Crippen LogP contribution in [0.1, 0.15) is 38.2 Å². The Kier molecular flexibility index (Phi) is 2.73. The highest BCUT2D eigenvalue weighted by atomic mass is 16.1. The molecule has 29 heavy (non-hydrogen) atoms. The molecule has 0 fully saturated rings. The Balaban J connectivity index is 1.69. The Morgan fingerprint density at radius 2 is 0.897 bits per heavy atom. The first-order valence-electron chi connectivity index (χ1n) is 10.3. The molecule has 4 aromatic rings. The molecular formula is C28H18O. The van der Waals surface area contributed by atoms with Gasteiger partial charge in [-0.1, -0.05) is 84.9 Å². The molecule has 0 saturated carbocycles. The molecule has 1 heteroatoms. The lowest BCUT2D eigenvalue weighted by Gasteiger charge is -2.48. The molecule has 1 nitrogen and oxygen atoms in total. The number of hydrogen-bond donors (Lipinski definition) is 0. The van der Waals surface area contributed by atoms with Crippen LogP contribution in [0.15, 0.2) is 84.9 Å². The molecular weight excluding hydrogens is 352 g/mol. The zero-order valence-corrected chi connectivity index (χ0v) is 15.9. The average molecular weight is 370 g/mol. The Bertz CT molecular complexity index is 1270. The molecule has 0 saturated heterocycles. The number of rotatable bonds is 0. The zero-order valence-electron chi connectivity index (χ0n) is 15.9. The van der Waals surface area contributed by atoms with Crippen LogP contribution >= 0.6 is 0 Å². The number of carbonyl (C=O) groups is 1. The van der Waals surface area contributed by atoms with Gasteiger partial charge in [-0.25, -0.2) is 0 Å². The first kappa shape index (κ1) is 15.5. The van der Waals surface area contributed by atoms with Crippen LogP contribution in [0.4, 0.5) is 0 Å². The topological polar surface area (TPSA) is 17.1 Å². The zero-order chi connectivity index (χ0) is 19.2. The molecule has 0 heterocycles. The van der Waals surface area contributed by atoms with E-state index in [1.165, 1.54) is 44.5 Å². The summed E-state index contributed by atoms with van der Waals surface area (Å²) in [5.41, 5.74) is 11.9. The molecule has 0 unspecified atom stereocenters. The van der Waals surface area contributed by atoms with E-state index in [9.17, 15) is 4.79 Å². The van der Waals surface area contributed by atoms with E-state index in [1.54, 1.807) is 0 Å². The fraction of sp³-hybridized carbons (Fsp3) is 0.107. The molecule has 0 N–H and O–H groups in total. The van der Waals surface area contributed by atoms with Crippen molar-refractivity contribution in [3.05, 3.63) is 118 Å². The lowest BCUT2D eigenvalue weighted by molar-refractivity contribution is 0.102. The fourth-order valence-electron chi connectivity index (χ4n) is 6.17. The van der Waals surface area contributed by atoms with Crippen molar-refractivity contribution in [2.45, 2.75) is 18.3 Å². The van der Waals surface area contributed by atoms with Crippen LogP contribution in [-0.4, -0.2) is 5.78 Å². The van der Waals surface area contributed by atoms with Gasteiger partial charge < -0.3 is 0 Å². The van der Waals surface area contributed by atoms with Crippen LogP contribution in [-0.2, 0) is 18.3 Å². The molecule has 0 aromatic heterocycles. The first-order valence-corrected chi connectivity index (χ1v) is 10.3. The Hall–Kier alpha value is -3.45. The Labute approximate surface area is 169 Å². The molecule has 0 atom stereocenters. The van der Waals surface area contributed by atoms with Gasteiger partial charge in [0.05, 0.1) is 0 Å². The van der Waals surface area contributed by atoms with Crippen LogP contribution in [0.25, 0.3) is 22.3 Å². The Morgan fingerprint density at radius 3 is 1.41 bits per heavy atom. The van der Waals surface area contributed by atoms with Crippen LogP contribution in [0, 0.1) is 0 Å². The average Bonchev–Trinajstić information content (AvgIpc) is 2.77. The van der Waals surface area contributed by atoms with Crippen LogP contribution < -0.4 is 0 Å². The number of fused-ring (bicyclic) bond motifs is 4. The van der Waals surface area contributed by atoms with Crippen LogP contribution in [0.2, 0.25) is 0 Å². The summed E-state index contributed by atoms with van der Waals surface area (Å²) in [5.74, 6) is 0.174. The van der Waals surface area contributed by atoms with E-state index in [-0.39, 0.29) is 11.2 Å². The van der Waals surface area contributed by atoms with Gasteiger partial charge in [-0.05, 0) is 57.3 Å². The minimum Gasteiger partial charge on any atom is -0.289 e. The van der Waals surface area contributed by atoms with Gasteiger partial charge in [0.15, 0.2) is 5.78 Å². The second-order valence-corrected chi connectivity index (χ2v) is 8.54. The Morgan fingerprint density at radius 1 is 0.483 bits per heavy atom. The van der Waals surface area contributed by atoms with E-state index in [0.29, 0.717) is 0 Å². The van der Waals surface area contributed by atoms with Gasteiger partial charge in [0, 0.05) is 16.5 Å². The maximum atomic E-state index is 13.6. The number of hydrogen-bond acceptors (Lipinski definition) is 1. The summed E-state index contributed by atoms with van der Waals surface area (Å²) in [6.45, 7) is 0. The van der Waals surface area contributed by atoms with Gasteiger partial charge in [-0.3, -0.25) is 4.79 Å². The van der Waals surface area contributed by atoms with Gasteiger partial charge in [-0.15, -0.1) is 0 Å². The van der Waals surface area contributed by atoms with Gasteiger partial charge in [0.1, 0.15) is 0 Å².